The highest BCUT2D eigenvalue weighted by molar-refractivity contribution is 6.52. The van der Waals surface area contributed by atoms with Crippen molar-refractivity contribution in [3.63, 3.8) is 0 Å². The summed E-state index contributed by atoms with van der Waals surface area (Å²) in [4.78, 5) is 27.4. The van der Waals surface area contributed by atoms with Crippen molar-refractivity contribution < 1.29 is 29.6 Å². The smallest absolute Gasteiger partial charge is 0.300 e. The van der Waals surface area contributed by atoms with Crippen molar-refractivity contribution in [2.75, 3.05) is 11.5 Å². The Labute approximate surface area is 194 Å². The summed E-state index contributed by atoms with van der Waals surface area (Å²) < 4.78 is 5.47. The zero-order valence-electron chi connectivity index (χ0n) is 17.5. The van der Waals surface area contributed by atoms with Crippen LogP contribution in [-0.4, -0.2) is 33.6 Å². The highest BCUT2D eigenvalue weighted by Gasteiger charge is 2.48. The second-order valence-electron chi connectivity index (χ2n) is 7.33. The Kier molecular flexibility index (Phi) is 5.98. The lowest BCUT2D eigenvalue weighted by molar-refractivity contribution is -0.132. The number of aromatic hydroxyl groups is 2. The largest absolute Gasteiger partial charge is 0.508 e. The molecule has 1 aliphatic heterocycles. The first-order valence-corrected chi connectivity index (χ1v) is 10.5. The van der Waals surface area contributed by atoms with E-state index in [0.717, 1.165) is 4.90 Å². The van der Waals surface area contributed by atoms with Crippen molar-refractivity contribution >= 4 is 34.7 Å². The number of benzene rings is 3. The van der Waals surface area contributed by atoms with Gasteiger partial charge in [-0.15, -0.1) is 0 Å². The van der Waals surface area contributed by atoms with Gasteiger partial charge in [-0.2, -0.15) is 0 Å². The van der Waals surface area contributed by atoms with E-state index in [2.05, 4.69) is 0 Å². The van der Waals surface area contributed by atoms with Crippen LogP contribution in [0.4, 0.5) is 5.69 Å². The maximum absolute atomic E-state index is 13.2. The number of anilines is 1. The first-order chi connectivity index (χ1) is 15.8. The molecule has 0 spiro atoms. The second-order valence-corrected chi connectivity index (χ2v) is 7.73. The normalized spacial score (nSPS) is 17.4. The topological polar surface area (TPSA) is 107 Å². The summed E-state index contributed by atoms with van der Waals surface area (Å²) in [7, 11) is 0. The number of carbonyl (C=O) groups excluding carboxylic acids is 2. The van der Waals surface area contributed by atoms with E-state index in [0.29, 0.717) is 17.9 Å². The number of amides is 1. The van der Waals surface area contributed by atoms with E-state index in [1.165, 1.54) is 36.4 Å². The second kappa shape index (κ2) is 8.88. The number of ether oxygens (including phenoxy) is 1. The standard InChI is InChI=1S/C25H20ClNO6/c1-2-33-16-10-11-18(26)17(13-16)23(30)21-22(14-6-5-7-15(28)12-14)27(25(32)24(21)31)19-8-3-4-9-20(19)29/h3-13,22,28-30H,2H2,1H3/b23-21+. The summed E-state index contributed by atoms with van der Waals surface area (Å²) in [6.45, 7) is 2.18. The van der Waals surface area contributed by atoms with E-state index in [9.17, 15) is 24.9 Å². The number of ketones is 1. The summed E-state index contributed by atoms with van der Waals surface area (Å²) in [5, 5.41) is 31.8. The molecule has 0 aliphatic carbocycles. The van der Waals surface area contributed by atoms with Gasteiger partial charge in [0.15, 0.2) is 0 Å². The maximum Gasteiger partial charge on any atom is 0.300 e. The van der Waals surface area contributed by atoms with E-state index in [1.807, 2.05) is 0 Å². The number of para-hydroxylation sites is 2. The Hall–Kier alpha value is -3.97. The van der Waals surface area contributed by atoms with E-state index in [1.54, 1.807) is 37.3 Å². The number of aliphatic hydroxyl groups is 1. The third-order valence-corrected chi connectivity index (χ3v) is 5.61. The Morgan fingerprint density at radius 2 is 1.79 bits per heavy atom. The zero-order chi connectivity index (χ0) is 23.7. The number of phenolic OH excluding ortho intramolecular Hbond substituents is 2. The fourth-order valence-electron chi connectivity index (χ4n) is 3.85. The third-order valence-electron chi connectivity index (χ3n) is 5.28. The fraction of sp³-hybridized carbons (Fsp3) is 0.120. The van der Waals surface area contributed by atoms with Crippen molar-refractivity contribution in [3.8, 4) is 17.2 Å². The number of hydrogen-bond donors (Lipinski definition) is 3. The number of hydrogen-bond acceptors (Lipinski definition) is 6. The molecule has 8 heteroatoms. The summed E-state index contributed by atoms with van der Waals surface area (Å²) in [6, 6.07) is 15.5. The van der Waals surface area contributed by atoms with Crippen molar-refractivity contribution in [1.29, 1.82) is 0 Å². The molecule has 0 aromatic heterocycles. The van der Waals surface area contributed by atoms with Crippen LogP contribution in [0.2, 0.25) is 5.02 Å². The first kappa shape index (κ1) is 22.2. The molecule has 3 N–H and O–H groups in total. The maximum atomic E-state index is 13.2. The highest BCUT2D eigenvalue weighted by atomic mass is 35.5. The molecule has 3 aromatic carbocycles. The predicted molar refractivity (Wildman–Crippen MR) is 124 cm³/mol. The summed E-state index contributed by atoms with van der Waals surface area (Å²) in [6.07, 6.45) is 0. The van der Waals surface area contributed by atoms with Crippen LogP contribution in [0.15, 0.2) is 72.3 Å². The Bertz CT molecular complexity index is 1290. The van der Waals surface area contributed by atoms with Gasteiger partial charge in [0.2, 0.25) is 0 Å². The van der Waals surface area contributed by atoms with Crippen molar-refractivity contribution in [1.82, 2.24) is 0 Å². The molecule has 7 nitrogen and oxygen atoms in total. The summed E-state index contributed by atoms with van der Waals surface area (Å²) in [5.74, 6) is -2.28. The lowest BCUT2D eigenvalue weighted by atomic mass is 9.95. The zero-order valence-corrected chi connectivity index (χ0v) is 18.3. The van der Waals surface area contributed by atoms with Crippen LogP contribution in [0.3, 0.4) is 0 Å². The number of aliphatic hydroxyl groups excluding tert-OH is 1. The summed E-state index contributed by atoms with van der Waals surface area (Å²) in [5.41, 5.74) is 0.324. The molecular weight excluding hydrogens is 446 g/mol. The first-order valence-electron chi connectivity index (χ1n) is 10.1. The lowest BCUT2D eigenvalue weighted by Gasteiger charge is -2.26. The monoisotopic (exact) mass is 465 g/mol. The highest BCUT2D eigenvalue weighted by Crippen LogP contribution is 2.45. The average molecular weight is 466 g/mol. The molecular formula is C25H20ClNO6. The van der Waals surface area contributed by atoms with Gasteiger partial charge in [0.1, 0.15) is 23.0 Å². The SMILES string of the molecule is CCOc1ccc(Cl)c(/C(O)=C2\C(=O)C(=O)N(c3ccccc3O)C2c2cccc(O)c2)c1. The van der Waals surface area contributed by atoms with Crippen LogP contribution in [-0.2, 0) is 9.59 Å². The van der Waals surface area contributed by atoms with Crippen molar-refractivity contribution in [2.45, 2.75) is 13.0 Å². The van der Waals surface area contributed by atoms with Crippen LogP contribution in [0.5, 0.6) is 17.2 Å². The average Bonchev–Trinajstić information content (AvgIpc) is 3.06. The number of Topliss-reactive ketones (excluding diaryl/α,β-unsaturated/α-hetero) is 1. The van der Waals surface area contributed by atoms with Crippen LogP contribution in [0.25, 0.3) is 5.76 Å². The quantitative estimate of drug-likeness (QED) is 0.284. The Morgan fingerprint density at radius 3 is 2.48 bits per heavy atom. The van der Waals surface area contributed by atoms with Gasteiger partial charge in [-0.3, -0.25) is 14.5 Å². The van der Waals surface area contributed by atoms with E-state index in [4.69, 9.17) is 16.3 Å². The van der Waals surface area contributed by atoms with Crippen molar-refractivity contribution in [3.05, 3.63) is 88.5 Å². The number of nitrogens with zero attached hydrogens (tertiary/aromatic N) is 1. The molecule has 1 atom stereocenters. The fourth-order valence-corrected chi connectivity index (χ4v) is 4.05. The van der Waals surface area contributed by atoms with E-state index >= 15 is 0 Å². The van der Waals surface area contributed by atoms with Gasteiger partial charge >= 0.3 is 0 Å². The van der Waals surface area contributed by atoms with Crippen LogP contribution in [0, 0.1) is 0 Å². The van der Waals surface area contributed by atoms with Gasteiger partial charge in [-0.05, 0) is 55.0 Å². The summed E-state index contributed by atoms with van der Waals surface area (Å²) >= 11 is 6.31. The van der Waals surface area contributed by atoms with Crippen molar-refractivity contribution in [2.24, 2.45) is 0 Å². The van der Waals surface area contributed by atoms with E-state index in [-0.39, 0.29) is 33.3 Å². The van der Waals surface area contributed by atoms with Crippen LogP contribution < -0.4 is 9.64 Å². The molecule has 1 aliphatic rings. The molecule has 1 unspecified atom stereocenters. The molecule has 1 saturated heterocycles. The molecule has 1 amide bonds. The van der Waals surface area contributed by atoms with Gasteiger partial charge in [-0.25, -0.2) is 0 Å². The van der Waals surface area contributed by atoms with Gasteiger partial charge in [0.05, 0.1) is 28.9 Å². The van der Waals surface area contributed by atoms with Gasteiger partial charge < -0.3 is 20.1 Å². The lowest BCUT2D eigenvalue weighted by Crippen LogP contribution is -2.29. The Morgan fingerprint density at radius 1 is 1.03 bits per heavy atom. The molecule has 0 bridgehead atoms. The minimum Gasteiger partial charge on any atom is -0.508 e. The predicted octanol–water partition coefficient (Wildman–Crippen LogP) is 4.78. The van der Waals surface area contributed by atoms with Crippen LogP contribution >= 0.6 is 11.6 Å². The molecule has 0 radical (unpaired) electrons. The Balaban J connectivity index is 1.98. The molecule has 1 heterocycles. The van der Waals surface area contributed by atoms with Crippen LogP contribution in [0.1, 0.15) is 24.1 Å². The van der Waals surface area contributed by atoms with E-state index < -0.39 is 23.5 Å². The van der Waals surface area contributed by atoms with Gasteiger partial charge in [-0.1, -0.05) is 35.9 Å². The number of phenols is 2. The van der Waals surface area contributed by atoms with Gasteiger partial charge in [0.25, 0.3) is 11.7 Å². The molecule has 4 rings (SSSR count). The minimum atomic E-state index is -1.13. The molecule has 1 fully saturated rings. The molecule has 168 valence electrons. The number of halogens is 1. The number of carbonyl (C=O) groups is 2. The molecule has 3 aromatic rings. The molecule has 33 heavy (non-hydrogen) atoms. The number of rotatable bonds is 5. The van der Waals surface area contributed by atoms with Gasteiger partial charge in [0, 0.05) is 5.56 Å². The third kappa shape index (κ3) is 3.99. The minimum absolute atomic E-state index is 0.0844. The molecule has 0 saturated carbocycles.